The number of amides is 1. The van der Waals surface area contributed by atoms with Crippen molar-refractivity contribution in [2.75, 3.05) is 0 Å². The van der Waals surface area contributed by atoms with Crippen molar-refractivity contribution in [2.45, 2.75) is 39.7 Å². The van der Waals surface area contributed by atoms with Gasteiger partial charge in [-0.1, -0.05) is 26.0 Å². The Morgan fingerprint density at radius 2 is 1.86 bits per heavy atom. The van der Waals surface area contributed by atoms with Crippen LogP contribution in [0.3, 0.4) is 0 Å². The molecule has 0 heterocycles. The summed E-state index contributed by atoms with van der Waals surface area (Å²) in [6.07, 6.45) is 0.608. The quantitative estimate of drug-likeness (QED) is 0.838. The average molecular weight is 303 g/mol. The van der Waals surface area contributed by atoms with Crippen LogP contribution in [0.5, 0.6) is 5.75 Å². The first-order valence-electron chi connectivity index (χ1n) is 7.31. The third kappa shape index (κ3) is 3.53. The number of aromatic hydroxyl groups is 1. The number of nitrogens with one attached hydrogen (secondary N) is 1. The van der Waals surface area contributed by atoms with Crippen molar-refractivity contribution in [1.29, 1.82) is 0 Å². The van der Waals surface area contributed by atoms with Gasteiger partial charge in [-0.15, -0.1) is 0 Å². The van der Waals surface area contributed by atoms with Gasteiger partial charge in [0.15, 0.2) is 0 Å². The van der Waals surface area contributed by atoms with Gasteiger partial charge in [-0.05, 0) is 23.1 Å². The molecule has 0 radical (unpaired) electrons. The number of carbonyl (C=O) groups excluding carboxylic acids is 3. The number of benzene rings is 1. The Morgan fingerprint density at radius 1 is 1.27 bits per heavy atom. The van der Waals surface area contributed by atoms with E-state index in [2.05, 4.69) is 5.32 Å². The lowest BCUT2D eigenvalue weighted by molar-refractivity contribution is -0.141. The lowest BCUT2D eigenvalue weighted by atomic mass is 9.68. The zero-order valence-electron chi connectivity index (χ0n) is 13.1. The second kappa shape index (κ2) is 5.91. The molecule has 1 aromatic rings. The van der Waals surface area contributed by atoms with Gasteiger partial charge in [0, 0.05) is 19.8 Å². The van der Waals surface area contributed by atoms with E-state index in [9.17, 15) is 19.5 Å². The zero-order valence-corrected chi connectivity index (χ0v) is 13.1. The molecule has 0 aliphatic heterocycles. The maximum atomic E-state index is 12.5. The first-order valence-corrected chi connectivity index (χ1v) is 7.31. The Morgan fingerprint density at radius 3 is 2.36 bits per heavy atom. The Bertz CT molecular complexity index is 601. The summed E-state index contributed by atoms with van der Waals surface area (Å²) in [4.78, 5) is 36.4. The topological polar surface area (TPSA) is 83.5 Å². The number of carbonyl (C=O) groups is 3. The van der Waals surface area contributed by atoms with E-state index in [1.807, 2.05) is 13.8 Å². The SMILES string of the molecule is CC(=O)NC(c1cccc(O)c1)C1C(=O)CC(C)(C)CC1=O. The second-order valence-electron chi connectivity index (χ2n) is 6.70. The van der Waals surface area contributed by atoms with Crippen LogP contribution in [0.25, 0.3) is 0 Å². The number of phenols is 1. The van der Waals surface area contributed by atoms with E-state index in [1.54, 1.807) is 12.1 Å². The summed E-state index contributed by atoms with van der Waals surface area (Å²) in [7, 11) is 0. The lowest BCUT2D eigenvalue weighted by Crippen LogP contribution is -2.45. The average Bonchev–Trinajstić information content (AvgIpc) is 2.34. The summed E-state index contributed by atoms with van der Waals surface area (Å²) < 4.78 is 0. The van der Waals surface area contributed by atoms with E-state index in [0.29, 0.717) is 18.4 Å². The van der Waals surface area contributed by atoms with Crippen LogP contribution in [0.15, 0.2) is 24.3 Å². The van der Waals surface area contributed by atoms with Gasteiger partial charge in [-0.2, -0.15) is 0 Å². The third-order valence-corrected chi connectivity index (χ3v) is 3.92. The van der Waals surface area contributed by atoms with Gasteiger partial charge in [0.05, 0.1) is 6.04 Å². The van der Waals surface area contributed by atoms with Gasteiger partial charge in [-0.25, -0.2) is 0 Å². The lowest BCUT2D eigenvalue weighted by Gasteiger charge is -2.36. The zero-order chi connectivity index (χ0) is 16.5. The van der Waals surface area contributed by atoms with Crippen LogP contribution in [-0.4, -0.2) is 22.6 Å². The number of rotatable bonds is 3. The summed E-state index contributed by atoms with van der Waals surface area (Å²) in [6, 6.07) is 5.56. The van der Waals surface area contributed by atoms with Crippen LogP contribution in [-0.2, 0) is 14.4 Å². The fourth-order valence-electron chi connectivity index (χ4n) is 3.07. The highest BCUT2D eigenvalue weighted by Crippen LogP contribution is 2.39. The normalized spacial score (nSPS) is 19.8. The second-order valence-corrected chi connectivity index (χ2v) is 6.70. The molecule has 1 unspecified atom stereocenters. The molecule has 22 heavy (non-hydrogen) atoms. The van der Waals surface area contributed by atoms with Crippen LogP contribution in [0, 0.1) is 11.3 Å². The molecular weight excluding hydrogens is 282 g/mol. The molecule has 5 nitrogen and oxygen atoms in total. The molecule has 1 atom stereocenters. The summed E-state index contributed by atoms with van der Waals surface area (Å²) in [5, 5.41) is 12.3. The summed E-state index contributed by atoms with van der Waals surface area (Å²) >= 11 is 0. The maximum absolute atomic E-state index is 12.5. The molecule has 0 bridgehead atoms. The third-order valence-electron chi connectivity index (χ3n) is 3.92. The molecule has 1 aliphatic carbocycles. The number of hydrogen-bond acceptors (Lipinski definition) is 4. The number of phenolic OH excluding ortho intramolecular Hbond substituents is 1. The molecule has 0 saturated heterocycles. The molecule has 1 aromatic carbocycles. The van der Waals surface area contributed by atoms with Crippen LogP contribution < -0.4 is 5.32 Å². The molecule has 2 rings (SSSR count). The Labute approximate surface area is 129 Å². The van der Waals surface area contributed by atoms with Gasteiger partial charge >= 0.3 is 0 Å². The highest BCUT2D eigenvalue weighted by molar-refractivity contribution is 6.06. The molecule has 1 fully saturated rings. The van der Waals surface area contributed by atoms with Gasteiger partial charge in [0.25, 0.3) is 0 Å². The highest BCUT2D eigenvalue weighted by atomic mass is 16.3. The van der Waals surface area contributed by atoms with E-state index in [1.165, 1.54) is 19.1 Å². The van der Waals surface area contributed by atoms with Crippen LogP contribution in [0.1, 0.15) is 45.2 Å². The van der Waals surface area contributed by atoms with E-state index in [-0.39, 0.29) is 28.6 Å². The van der Waals surface area contributed by atoms with E-state index < -0.39 is 12.0 Å². The van der Waals surface area contributed by atoms with Crippen molar-refractivity contribution in [3.05, 3.63) is 29.8 Å². The minimum atomic E-state index is -0.890. The van der Waals surface area contributed by atoms with Crippen molar-refractivity contribution in [3.63, 3.8) is 0 Å². The Kier molecular flexibility index (Phi) is 4.35. The van der Waals surface area contributed by atoms with Gasteiger partial charge in [0.1, 0.15) is 23.2 Å². The van der Waals surface area contributed by atoms with E-state index >= 15 is 0 Å². The number of Topliss-reactive ketones (excluding diaryl/α,β-unsaturated/α-hetero) is 2. The molecule has 1 amide bonds. The van der Waals surface area contributed by atoms with Crippen molar-refractivity contribution in [3.8, 4) is 5.75 Å². The van der Waals surface area contributed by atoms with Gasteiger partial charge in [-0.3, -0.25) is 14.4 Å². The standard InChI is InChI=1S/C17H21NO4/c1-10(19)18-16(11-5-4-6-12(20)7-11)15-13(21)8-17(2,3)9-14(15)22/h4-7,15-16,20H,8-9H2,1-3H3,(H,18,19). The van der Waals surface area contributed by atoms with E-state index in [4.69, 9.17) is 0 Å². The van der Waals surface area contributed by atoms with E-state index in [0.717, 1.165) is 0 Å². The highest BCUT2D eigenvalue weighted by Gasteiger charge is 2.44. The molecule has 1 aliphatic rings. The van der Waals surface area contributed by atoms with Crippen LogP contribution >= 0.6 is 0 Å². The molecule has 0 aromatic heterocycles. The molecule has 0 spiro atoms. The van der Waals surface area contributed by atoms with Gasteiger partial charge < -0.3 is 10.4 Å². The molecule has 118 valence electrons. The van der Waals surface area contributed by atoms with Crippen LogP contribution in [0.4, 0.5) is 0 Å². The van der Waals surface area contributed by atoms with Crippen molar-refractivity contribution in [1.82, 2.24) is 5.32 Å². The first-order chi connectivity index (χ1) is 10.2. The molecule has 1 saturated carbocycles. The minimum absolute atomic E-state index is 0.0314. The Hall–Kier alpha value is -2.17. The summed E-state index contributed by atoms with van der Waals surface area (Å²) in [5.74, 6) is -1.51. The smallest absolute Gasteiger partial charge is 0.217 e. The largest absolute Gasteiger partial charge is 0.508 e. The van der Waals surface area contributed by atoms with Crippen LogP contribution in [0.2, 0.25) is 0 Å². The summed E-state index contributed by atoms with van der Waals surface area (Å²) in [5.41, 5.74) is 0.214. The van der Waals surface area contributed by atoms with Crippen molar-refractivity contribution >= 4 is 17.5 Å². The monoisotopic (exact) mass is 303 g/mol. The molecule has 5 heteroatoms. The number of ketones is 2. The summed E-state index contributed by atoms with van der Waals surface area (Å²) in [6.45, 7) is 5.12. The van der Waals surface area contributed by atoms with Crippen molar-refractivity contribution < 1.29 is 19.5 Å². The molecule has 2 N–H and O–H groups in total. The fraction of sp³-hybridized carbons (Fsp3) is 0.471. The van der Waals surface area contributed by atoms with Gasteiger partial charge in [0.2, 0.25) is 5.91 Å². The Balaban J connectivity index is 2.39. The number of hydrogen-bond donors (Lipinski definition) is 2. The predicted octanol–water partition coefficient (Wildman–Crippen LogP) is 2.14. The minimum Gasteiger partial charge on any atom is -0.508 e. The maximum Gasteiger partial charge on any atom is 0.217 e. The fourth-order valence-corrected chi connectivity index (χ4v) is 3.07. The first kappa shape index (κ1) is 16.2. The van der Waals surface area contributed by atoms with Crippen molar-refractivity contribution in [2.24, 2.45) is 11.3 Å². The predicted molar refractivity (Wildman–Crippen MR) is 81.2 cm³/mol. The molecular formula is C17H21NO4.